The van der Waals surface area contributed by atoms with Gasteiger partial charge < -0.3 is 15.1 Å². The number of carbonyl (C=O) groups is 3. The van der Waals surface area contributed by atoms with Crippen molar-refractivity contribution in [1.82, 2.24) is 4.90 Å². The van der Waals surface area contributed by atoms with Crippen LogP contribution in [0.3, 0.4) is 0 Å². The zero-order valence-corrected chi connectivity index (χ0v) is 12.4. The lowest BCUT2D eigenvalue weighted by molar-refractivity contribution is -0.131. The molecule has 0 unspecified atom stereocenters. The molecule has 0 aromatic heterocycles. The minimum absolute atomic E-state index is 0.0399. The van der Waals surface area contributed by atoms with Gasteiger partial charge in [-0.1, -0.05) is 0 Å². The molecule has 1 aromatic carbocycles. The van der Waals surface area contributed by atoms with E-state index in [0.717, 1.165) is 25.1 Å². The van der Waals surface area contributed by atoms with Crippen molar-refractivity contribution in [3.63, 3.8) is 0 Å². The van der Waals surface area contributed by atoms with Crippen molar-refractivity contribution in [3.8, 4) is 0 Å². The van der Waals surface area contributed by atoms with Gasteiger partial charge in [-0.25, -0.2) is 0 Å². The fraction of sp³-hybridized carbons (Fsp3) is 0.438. The van der Waals surface area contributed by atoms with Crippen LogP contribution in [-0.2, 0) is 14.4 Å². The Morgan fingerprint density at radius 1 is 1.00 bits per heavy atom. The summed E-state index contributed by atoms with van der Waals surface area (Å²) in [7, 11) is 0. The van der Waals surface area contributed by atoms with Crippen molar-refractivity contribution in [2.75, 3.05) is 29.9 Å². The van der Waals surface area contributed by atoms with Crippen LogP contribution >= 0.6 is 0 Å². The zero-order valence-electron chi connectivity index (χ0n) is 12.4. The smallest absolute Gasteiger partial charge is 0.243 e. The second kappa shape index (κ2) is 6.17. The zero-order chi connectivity index (χ0) is 15.5. The first-order valence-corrected chi connectivity index (χ1v) is 7.61. The summed E-state index contributed by atoms with van der Waals surface area (Å²) in [6, 6.07) is 7.23. The highest BCUT2D eigenvalue weighted by atomic mass is 16.2. The monoisotopic (exact) mass is 301 g/mol. The SMILES string of the molecule is O=C(CN1CCCC1=O)Nc1ccc(N2CCCC2=O)cc1. The van der Waals surface area contributed by atoms with E-state index in [1.807, 2.05) is 12.1 Å². The van der Waals surface area contributed by atoms with Gasteiger partial charge in [-0.15, -0.1) is 0 Å². The summed E-state index contributed by atoms with van der Waals surface area (Å²) in [5.41, 5.74) is 1.53. The van der Waals surface area contributed by atoms with Crippen LogP contribution in [0, 0.1) is 0 Å². The first-order chi connectivity index (χ1) is 10.6. The Kier molecular flexibility index (Phi) is 4.09. The molecule has 6 heteroatoms. The number of nitrogens with one attached hydrogen (secondary N) is 1. The van der Waals surface area contributed by atoms with E-state index in [9.17, 15) is 14.4 Å². The molecule has 0 saturated carbocycles. The van der Waals surface area contributed by atoms with E-state index in [1.165, 1.54) is 0 Å². The molecular formula is C16H19N3O3. The van der Waals surface area contributed by atoms with Gasteiger partial charge in [0.15, 0.2) is 0 Å². The van der Waals surface area contributed by atoms with E-state index in [4.69, 9.17) is 0 Å². The van der Waals surface area contributed by atoms with Crippen molar-refractivity contribution in [1.29, 1.82) is 0 Å². The highest BCUT2D eigenvalue weighted by molar-refractivity contribution is 5.97. The van der Waals surface area contributed by atoms with Crippen LogP contribution in [0.2, 0.25) is 0 Å². The molecule has 2 heterocycles. The predicted molar refractivity (Wildman–Crippen MR) is 82.5 cm³/mol. The third-order valence-corrected chi connectivity index (χ3v) is 4.04. The van der Waals surface area contributed by atoms with Crippen molar-refractivity contribution in [2.24, 2.45) is 0 Å². The first-order valence-electron chi connectivity index (χ1n) is 7.61. The summed E-state index contributed by atoms with van der Waals surface area (Å²) in [6.45, 7) is 1.51. The number of likely N-dealkylation sites (tertiary alicyclic amines) is 1. The molecule has 2 fully saturated rings. The Labute approximate surface area is 129 Å². The van der Waals surface area contributed by atoms with Crippen LogP contribution in [0.25, 0.3) is 0 Å². The van der Waals surface area contributed by atoms with Crippen LogP contribution in [0.15, 0.2) is 24.3 Å². The Balaban J connectivity index is 1.57. The third-order valence-electron chi connectivity index (χ3n) is 4.04. The van der Waals surface area contributed by atoms with E-state index >= 15 is 0 Å². The van der Waals surface area contributed by atoms with Gasteiger partial charge in [-0.3, -0.25) is 14.4 Å². The van der Waals surface area contributed by atoms with Gasteiger partial charge in [0.25, 0.3) is 0 Å². The van der Waals surface area contributed by atoms with Crippen LogP contribution < -0.4 is 10.2 Å². The number of carbonyl (C=O) groups excluding carboxylic acids is 3. The van der Waals surface area contributed by atoms with Crippen LogP contribution in [-0.4, -0.2) is 42.3 Å². The van der Waals surface area contributed by atoms with Gasteiger partial charge in [0.1, 0.15) is 0 Å². The molecule has 0 radical (unpaired) electrons. The summed E-state index contributed by atoms with van der Waals surface area (Å²) >= 11 is 0. The molecule has 1 N–H and O–H groups in total. The van der Waals surface area contributed by atoms with E-state index in [2.05, 4.69) is 5.32 Å². The summed E-state index contributed by atoms with van der Waals surface area (Å²) in [5, 5.41) is 2.78. The van der Waals surface area contributed by atoms with Gasteiger partial charge in [0, 0.05) is 37.3 Å². The summed E-state index contributed by atoms with van der Waals surface area (Å²) in [4.78, 5) is 38.4. The molecule has 0 bridgehead atoms. The Morgan fingerprint density at radius 3 is 2.27 bits per heavy atom. The predicted octanol–water partition coefficient (Wildman–Crippen LogP) is 1.37. The summed E-state index contributed by atoms with van der Waals surface area (Å²) in [6.07, 6.45) is 2.85. The van der Waals surface area contributed by atoms with Crippen molar-refractivity contribution in [2.45, 2.75) is 25.7 Å². The van der Waals surface area contributed by atoms with Crippen LogP contribution in [0.4, 0.5) is 11.4 Å². The van der Waals surface area contributed by atoms with E-state index < -0.39 is 0 Å². The van der Waals surface area contributed by atoms with Crippen LogP contribution in [0.1, 0.15) is 25.7 Å². The average Bonchev–Trinajstić information content (AvgIpc) is 3.09. The van der Waals surface area contributed by atoms with Gasteiger partial charge in [0.05, 0.1) is 6.54 Å². The highest BCUT2D eigenvalue weighted by Crippen LogP contribution is 2.23. The van der Waals surface area contributed by atoms with Gasteiger partial charge in [-0.2, -0.15) is 0 Å². The molecular weight excluding hydrogens is 282 g/mol. The normalized spacial score (nSPS) is 18.2. The van der Waals surface area contributed by atoms with Crippen molar-refractivity contribution >= 4 is 29.1 Å². The number of rotatable bonds is 4. The van der Waals surface area contributed by atoms with Crippen molar-refractivity contribution in [3.05, 3.63) is 24.3 Å². The first kappa shape index (κ1) is 14.6. The largest absolute Gasteiger partial charge is 0.333 e. The number of amides is 3. The lowest BCUT2D eigenvalue weighted by Crippen LogP contribution is -2.33. The maximum absolute atomic E-state index is 11.9. The third kappa shape index (κ3) is 3.10. The average molecular weight is 301 g/mol. The molecule has 0 atom stereocenters. The quantitative estimate of drug-likeness (QED) is 0.913. The van der Waals surface area contributed by atoms with Gasteiger partial charge >= 0.3 is 0 Å². The fourth-order valence-corrected chi connectivity index (χ4v) is 2.89. The number of nitrogens with zero attached hydrogens (tertiary/aromatic N) is 2. The minimum atomic E-state index is -0.194. The molecule has 1 aromatic rings. The Morgan fingerprint density at radius 2 is 1.68 bits per heavy atom. The molecule has 22 heavy (non-hydrogen) atoms. The number of hydrogen-bond acceptors (Lipinski definition) is 3. The molecule has 116 valence electrons. The molecule has 0 aliphatic carbocycles. The molecule has 2 aliphatic rings. The summed E-state index contributed by atoms with van der Waals surface area (Å²) in [5.74, 6) is -0.0115. The van der Waals surface area contributed by atoms with Gasteiger partial charge in [-0.05, 0) is 37.1 Å². The van der Waals surface area contributed by atoms with E-state index in [0.29, 0.717) is 25.1 Å². The topological polar surface area (TPSA) is 69.7 Å². The maximum atomic E-state index is 11.9. The lowest BCUT2D eigenvalue weighted by atomic mass is 10.2. The molecule has 3 rings (SSSR count). The fourth-order valence-electron chi connectivity index (χ4n) is 2.89. The van der Waals surface area contributed by atoms with E-state index in [1.54, 1.807) is 21.9 Å². The number of benzene rings is 1. The van der Waals surface area contributed by atoms with Gasteiger partial charge in [0.2, 0.25) is 17.7 Å². The Bertz CT molecular complexity index is 597. The van der Waals surface area contributed by atoms with E-state index in [-0.39, 0.29) is 24.3 Å². The molecule has 6 nitrogen and oxygen atoms in total. The molecule has 3 amide bonds. The second-order valence-corrected chi connectivity index (χ2v) is 5.66. The second-order valence-electron chi connectivity index (χ2n) is 5.66. The summed E-state index contributed by atoms with van der Waals surface area (Å²) < 4.78 is 0. The number of hydrogen-bond donors (Lipinski definition) is 1. The molecule has 2 aliphatic heterocycles. The molecule has 0 spiro atoms. The highest BCUT2D eigenvalue weighted by Gasteiger charge is 2.23. The standard InChI is InChI=1S/C16H19N3O3/c20-14(11-18-9-1-3-15(18)21)17-12-5-7-13(8-6-12)19-10-2-4-16(19)22/h5-8H,1-4,9-11H2,(H,17,20). The maximum Gasteiger partial charge on any atom is 0.243 e. The molecule has 2 saturated heterocycles. The van der Waals surface area contributed by atoms with Crippen molar-refractivity contribution < 1.29 is 14.4 Å². The minimum Gasteiger partial charge on any atom is -0.333 e. The number of anilines is 2. The lowest BCUT2D eigenvalue weighted by Gasteiger charge is -2.17. The Hall–Kier alpha value is -2.37. The van der Waals surface area contributed by atoms with Crippen LogP contribution in [0.5, 0.6) is 0 Å².